The Morgan fingerprint density at radius 3 is 1.96 bits per heavy atom. The van der Waals surface area contributed by atoms with Gasteiger partial charge in [0.1, 0.15) is 6.54 Å². The van der Waals surface area contributed by atoms with Gasteiger partial charge >= 0.3 is 0 Å². The van der Waals surface area contributed by atoms with Gasteiger partial charge in [0.15, 0.2) is 0 Å². The van der Waals surface area contributed by atoms with Gasteiger partial charge in [0.05, 0.1) is 0 Å². The van der Waals surface area contributed by atoms with Gasteiger partial charge < -0.3 is 14.7 Å². The number of rotatable bonds is 3. The largest absolute Gasteiger partial charge is 0.342 e. The van der Waals surface area contributed by atoms with Gasteiger partial charge in [0, 0.05) is 43.7 Å². The van der Waals surface area contributed by atoms with Crippen LogP contribution in [-0.4, -0.2) is 60.2 Å². The van der Waals surface area contributed by atoms with Crippen molar-refractivity contribution in [1.29, 1.82) is 0 Å². The Morgan fingerprint density at radius 2 is 1.36 bits per heavy atom. The van der Waals surface area contributed by atoms with Crippen LogP contribution in [0.4, 0.5) is 5.69 Å². The summed E-state index contributed by atoms with van der Waals surface area (Å²) >= 11 is 0. The number of para-hydroxylation sites is 1. The number of nitrogens with zero attached hydrogens (tertiary/aromatic N) is 3. The quantitative estimate of drug-likeness (QED) is 0.805. The molecular weight excluding hydrogens is 354 g/mol. The lowest BCUT2D eigenvalue weighted by Gasteiger charge is -2.39. The molecule has 0 unspecified atom stereocenters. The van der Waals surface area contributed by atoms with Gasteiger partial charge in [-0.15, -0.1) is 0 Å². The van der Waals surface area contributed by atoms with Crippen molar-refractivity contribution in [3.63, 3.8) is 0 Å². The second-order valence-corrected chi connectivity index (χ2v) is 8.17. The molecule has 0 spiro atoms. The Hall–Kier alpha value is -2.37. The zero-order chi connectivity index (χ0) is 19.5. The number of likely N-dealkylation sites (tertiary alicyclic amines) is 1. The Kier molecular flexibility index (Phi) is 5.64. The first kappa shape index (κ1) is 19.0. The van der Waals surface area contributed by atoms with Gasteiger partial charge in [-0.05, 0) is 37.8 Å². The molecule has 0 bridgehead atoms. The molecule has 3 fully saturated rings. The van der Waals surface area contributed by atoms with Crippen molar-refractivity contribution in [3.8, 4) is 0 Å². The Morgan fingerprint density at radius 1 is 0.750 bits per heavy atom. The van der Waals surface area contributed by atoms with E-state index in [0.717, 1.165) is 57.3 Å². The number of amides is 3. The normalized spacial score (nSPS) is 25.9. The van der Waals surface area contributed by atoms with E-state index in [0.29, 0.717) is 13.1 Å². The number of hydrogen-bond donors (Lipinski definition) is 0. The first-order valence-electron chi connectivity index (χ1n) is 10.6. The zero-order valence-electron chi connectivity index (χ0n) is 16.4. The highest BCUT2D eigenvalue weighted by Crippen LogP contribution is 2.34. The van der Waals surface area contributed by atoms with Crippen LogP contribution in [-0.2, 0) is 14.4 Å². The highest BCUT2D eigenvalue weighted by Gasteiger charge is 2.41. The molecule has 2 atom stereocenters. The van der Waals surface area contributed by atoms with Gasteiger partial charge in [-0.1, -0.05) is 31.0 Å². The number of hydrogen-bond acceptors (Lipinski definition) is 3. The molecular formula is C22H29N3O3. The SMILES string of the molecule is O=C([C@H]1CCCC[C@H]1C(=O)N1CCCC1)N1CCN(c2ccccc2)C(=O)C1. The maximum atomic E-state index is 13.3. The molecule has 0 N–H and O–H groups in total. The second-order valence-electron chi connectivity index (χ2n) is 8.17. The summed E-state index contributed by atoms with van der Waals surface area (Å²) in [6.07, 6.45) is 5.67. The van der Waals surface area contributed by atoms with E-state index in [1.54, 1.807) is 9.80 Å². The van der Waals surface area contributed by atoms with Gasteiger partial charge in [-0.25, -0.2) is 0 Å². The molecule has 6 heteroatoms. The van der Waals surface area contributed by atoms with Crippen LogP contribution < -0.4 is 4.90 Å². The predicted molar refractivity (Wildman–Crippen MR) is 107 cm³/mol. The molecule has 2 heterocycles. The fourth-order valence-electron chi connectivity index (χ4n) is 4.87. The number of piperazine rings is 1. The van der Waals surface area contributed by atoms with Crippen molar-refractivity contribution in [1.82, 2.24) is 9.80 Å². The standard InChI is InChI=1S/C22H29N3O3/c26-20-16-24(14-15-25(20)17-8-2-1-3-9-17)22(28)19-11-5-4-10-18(19)21(27)23-12-6-7-13-23/h1-3,8-9,18-19H,4-7,10-16H2/t18-,19+/m1/s1. The molecule has 1 aromatic carbocycles. The van der Waals surface area contributed by atoms with Crippen molar-refractivity contribution >= 4 is 23.4 Å². The van der Waals surface area contributed by atoms with Crippen LogP contribution in [0, 0.1) is 11.8 Å². The van der Waals surface area contributed by atoms with E-state index in [1.165, 1.54) is 0 Å². The first-order chi connectivity index (χ1) is 13.6. The lowest BCUT2D eigenvalue weighted by atomic mass is 9.77. The van der Waals surface area contributed by atoms with E-state index in [4.69, 9.17) is 0 Å². The maximum absolute atomic E-state index is 13.3. The van der Waals surface area contributed by atoms with E-state index in [-0.39, 0.29) is 36.1 Å². The van der Waals surface area contributed by atoms with Crippen molar-refractivity contribution in [2.24, 2.45) is 11.8 Å². The Bertz CT molecular complexity index is 730. The molecule has 6 nitrogen and oxygen atoms in total. The van der Waals surface area contributed by atoms with Crippen LogP contribution in [0.1, 0.15) is 38.5 Å². The molecule has 1 saturated carbocycles. The zero-order valence-corrected chi connectivity index (χ0v) is 16.4. The van der Waals surface area contributed by atoms with Crippen LogP contribution in [0.15, 0.2) is 30.3 Å². The summed E-state index contributed by atoms with van der Waals surface area (Å²) < 4.78 is 0. The lowest BCUT2D eigenvalue weighted by molar-refractivity contribution is -0.149. The van der Waals surface area contributed by atoms with Crippen LogP contribution in [0.5, 0.6) is 0 Å². The summed E-state index contributed by atoms with van der Waals surface area (Å²) in [7, 11) is 0. The predicted octanol–water partition coefficient (Wildman–Crippen LogP) is 2.29. The molecule has 2 saturated heterocycles. The molecule has 150 valence electrons. The Labute approximate surface area is 166 Å². The van der Waals surface area contributed by atoms with Crippen molar-refractivity contribution in [2.45, 2.75) is 38.5 Å². The topological polar surface area (TPSA) is 60.9 Å². The summed E-state index contributed by atoms with van der Waals surface area (Å²) in [6, 6.07) is 9.59. The summed E-state index contributed by atoms with van der Waals surface area (Å²) in [5.74, 6) is -0.369. The minimum absolute atomic E-state index is 0.00157. The first-order valence-corrected chi connectivity index (χ1v) is 10.6. The summed E-state index contributed by atoms with van der Waals surface area (Å²) in [5.41, 5.74) is 0.874. The maximum Gasteiger partial charge on any atom is 0.246 e. The molecule has 1 aliphatic carbocycles. The third-order valence-electron chi connectivity index (χ3n) is 6.42. The molecule has 0 radical (unpaired) electrons. The van der Waals surface area contributed by atoms with E-state index >= 15 is 0 Å². The Balaban J connectivity index is 1.43. The third kappa shape index (κ3) is 3.77. The minimum atomic E-state index is -0.266. The molecule has 1 aromatic rings. The number of carbonyl (C=O) groups is 3. The highest BCUT2D eigenvalue weighted by molar-refractivity contribution is 5.98. The van der Waals surface area contributed by atoms with Crippen LogP contribution in [0.25, 0.3) is 0 Å². The van der Waals surface area contributed by atoms with Gasteiger partial charge in [-0.3, -0.25) is 14.4 Å². The summed E-state index contributed by atoms with van der Waals surface area (Å²) in [4.78, 5) is 44.3. The molecule has 0 aromatic heterocycles. The molecule has 28 heavy (non-hydrogen) atoms. The highest BCUT2D eigenvalue weighted by atomic mass is 16.2. The monoisotopic (exact) mass is 383 g/mol. The molecule has 3 aliphatic rings. The summed E-state index contributed by atoms with van der Waals surface area (Å²) in [5, 5.41) is 0. The lowest BCUT2D eigenvalue weighted by Crippen LogP contribution is -2.55. The number of anilines is 1. The molecule has 2 aliphatic heterocycles. The van der Waals surface area contributed by atoms with E-state index in [9.17, 15) is 14.4 Å². The van der Waals surface area contributed by atoms with E-state index < -0.39 is 0 Å². The average molecular weight is 383 g/mol. The molecule has 3 amide bonds. The van der Waals surface area contributed by atoms with Crippen LogP contribution >= 0.6 is 0 Å². The van der Waals surface area contributed by atoms with E-state index in [1.807, 2.05) is 35.2 Å². The van der Waals surface area contributed by atoms with E-state index in [2.05, 4.69) is 0 Å². The average Bonchev–Trinajstić information content (AvgIpc) is 3.28. The smallest absolute Gasteiger partial charge is 0.246 e. The van der Waals surface area contributed by atoms with Crippen molar-refractivity contribution < 1.29 is 14.4 Å². The van der Waals surface area contributed by atoms with Crippen molar-refractivity contribution in [2.75, 3.05) is 37.6 Å². The molecule has 4 rings (SSSR count). The number of benzene rings is 1. The fraction of sp³-hybridized carbons (Fsp3) is 0.591. The second kappa shape index (κ2) is 8.33. The van der Waals surface area contributed by atoms with Crippen LogP contribution in [0.2, 0.25) is 0 Å². The minimum Gasteiger partial charge on any atom is -0.342 e. The summed E-state index contributed by atoms with van der Waals surface area (Å²) in [6.45, 7) is 2.79. The fourth-order valence-corrected chi connectivity index (χ4v) is 4.87. The van der Waals surface area contributed by atoms with Gasteiger partial charge in [0.2, 0.25) is 17.7 Å². The number of carbonyl (C=O) groups excluding carboxylic acids is 3. The van der Waals surface area contributed by atoms with Gasteiger partial charge in [0.25, 0.3) is 0 Å². The van der Waals surface area contributed by atoms with Crippen LogP contribution in [0.3, 0.4) is 0 Å². The van der Waals surface area contributed by atoms with Crippen molar-refractivity contribution in [3.05, 3.63) is 30.3 Å². The van der Waals surface area contributed by atoms with Gasteiger partial charge in [-0.2, -0.15) is 0 Å². The third-order valence-corrected chi connectivity index (χ3v) is 6.42.